The molecule has 0 radical (unpaired) electrons. The summed E-state index contributed by atoms with van der Waals surface area (Å²) in [6.45, 7) is 1.84. The van der Waals surface area contributed by atoms with Crippen LogP contribution in [0.2, 0.25) is 0 Å². The lowest BCUT2D eigenvalue weighted by Gasteiger charge is -2.17. The van der Waals surface area contributed by atoms with Crippen LogP contribution < -0.4 is 14.8 Å². The molecule has 1 amide bonds. The highest BCUT2D eigenvalue weighted by Gasteiger charge is 2.17. The molecule has 0 unspecified atom stereocenters. The fourth-order valence-electron chi connectivity index (χ4n) is 2.87. The number of ketones is 1. The van der Waals surface area contributed by atoms with E-state index in [-0.39, 0.29) is 24.9 Å². The van der Waals surface area contributed by atoms with Gasteiger partial charge >= 0.3 is 5.97 Å². The number of hydrogen-bond acceptors (Lipinski definition) is 6. The van der Waals surface area contributed by atoms with Crippen LogP contribution in [0.1, 0.15) is 35.7 Å². The smallest absolute Gasteiger partial charge is 0.344 e. The molecular formula is C22H23NO6. The third-order valence-electron chi connectivity index (χ3n) is 4.34. The third-order valence-corrected chi connectivity index (χ3v) is 4.34. The number of anilines is 1. The van der Waals surface area contributed by atoms with Crippen molar-refractivity contribution in [2.24, 2.45) is 0 Å². The fourth-order valence-corrected chi connectivity index (χ4v) is 2.87. The van der Waals surface area contributed by atoms with Gasteiger partial charge in [-0.2, -0.15) is 0 Å². The van der Waals surface area contributed by atoms with Crippen molar-refractivity contribution in [1.82, 2.24) is 0 Å². The Bertz CT molecular complexity index is 908. The number of hydrogen-bond donors (Lipinski definition) is 1. The number of amides is 1. The van der Waals surface area contributed by atoms with Gasteiger partial charge < -0.3 is 19.5 Å². The van der Waals surface area contributed by atoms with Gasteiger partial charge in [-0.05, 0) is 48.7 Å². The molecule has 2 aromatic carbocycles. The van der Waals surface area contributed by atoms with Gasteiger partial charge in [0, 0.05) is 17.7 Å². The Morgan fingerprint density at radius 1 is 1.00 bits per heavy atom. The Balaban J connectivity index is 1.50. The molecule has 0 aromatic heterocycles. The molecule has 7 heteroatoms. The highest BCUT2D eigenvalue weighted by molar-refractivity contribution is 6.00. The normalized spacial score (nSPS) is 12.5. The van der Waals surface area contributed by atoms with Gasteiger partial charge in [0.1, 0.15) is 0 Å². The lowest BCUT2D eigenvalue weighted by Crippen LogP contribution is -2.21. The predicted octanol–water partition coefficient (Wildman–Crippen LogP) is 3.17. The second-order valence-corrected chi connectivity index (χ2v) is 6.59. The number of Topliss-reactive ketones (excluding diaryl/α,β-unsaturated/α-hetero) is 1. The topological polar surface area (TPSA) is 90.9 Å². The van der Waals surface area contributed by atoms with Gasteiger partial charge in [0.15, 0.2) is 30.5 Å². The van der Waals surface area contributed by atoms with Crippen molar-refractivity contribution in [3.8, 4) is 11.5 Å². The number of carbonyl (C=O) groups excluding carboxylic acids is 3. The van der Waals surface area contributed by atoms with Crippen LogP contribution in [0.15, 0.2) is 42.5 Å². The Morgan fingerprint density at radius 2 is 1.76 bits per heavy atom. The number of esters is 1. The summed E-state index contributed by atoms with van der Waals surface area (Å²) in [5, 5.41) is 2.76. The van der Waals surface area contributed by atoms with Crippen molar-refractivity contribution in [3.05, 3.63) is 53.6 Å². The molecule has 0 atom stereocenters. The first kappa shape index (κ1) is 20.4. The Morgan fingerprint density at radius 3 is 2.52 bits per heavy atom. The molecule has 1 N–H and O–H groups in total. The minimum atomic E-state index is -0.645. The van der Waals surface area contributed by atoms with Crippen LogP contribution >= 0.6 is 0 Å². The van der Waals surface area contributed by atoms with Crippen LogP contribution in [0.25, 0.3) is 0 Å². The SMILES string of the molecule is CCCOc1ccccc1OCC(=O)OCC(=O)c1ccc2c(c1)CCC(=O)N2. The van der Waals surface area contributed by atoms with Crippen LogP contribution in [0.3, 0.4) is 0 Å². The molecule has 0 saturated carbocycles. The van der Waals surface area contributed by atoms with Crippen LogP contribution in [0.5, 0.6) is 11.5 Å². The molecule has 152 valence electrons. The Hall–Kier alpha value is -3.35. The molecule has 0 bridgehead atoms. The number of fused-ring (bicyclic) bond motifs is 1. The molecule has 1 aliphatic rings. The number of rotatable bonds is 9. The van der Waals surface area contributed by atoms with E-state index in [0.717, 1.165) is 12.0 Å². The van der Waals surface area contributed by atoms with Crippen LogP contribution in [-0.2, 0) is 20.7 Å². The van der Waals surface area contributed by atoms with Crippen LogP contribution in [0.4, 0.5) is 5.69 Å². The second kappa shape index (κ2) is 9.73. The van der Waals surface area contributed by atoms with E-state index in [9.17, 15) is 14.4 Å². The van der Waals surface area contributed by atoms with Crippen molar-refractivity contribution >= 4 is 23.3 Å². The summed E-state index contributed by atoms with van der Waals surface area (Å²) in [5.41, 5.74) is 2.05. The number of para-hydroxylation sites is 2. The van der Waals surface area contributed by atoms with Gasteiger partial charge in [-0.3, -0.25) is 9.59 Å². The zero-order valence-electron chi connectivity index (χ0n) is 16.2. The highest BCUT2D eigenvalue weighted by atomic mass is 16.6. The monoisotopic (exact) mass is 397 g/mol. The number of ether oxygens (including phenoxy) is 3. The first-order valence-corrected chi connectivity index (χ1v) is 9.53. The largest absolute Gasteiger partial charge is 0.490 e. The van der Waals surface area contributed by atoms with E-state index in [1.807, 2.05) is 13.0 Å². The van der Waals surface area contributed by atoms with E-state index in [0.29, 0.717) is 42.2 Å². The molecule has 2 aromatic rings. The summed E-state index contributed by atoms with van der Waals surface area (Å²) in [4.78, 5) is 35.7. The number of carbonyl (C=O) groups is 3. The van der Waals surface area contributed by atoms with E-state index < -0.39 is 5.97 Å². The van der Waals surface area contributed by atoms with E-state index in [1.54, 1.807) is 36.4 Å². The summed E-state index contributed by atoms with van der Waals surface area (Å²) in [6, 6.07) is 12.1. The third kappa shape index (κ3) is 5.57. The number of nitrogens with one attached hydrogen (secondary N) is 1. The van der Waals surface area contributed by atoms with Gasteiger partial charge in [0.25, 0.3) is 0 Å². The molecular weight excluding hydrogens is 374 g/mol. The average Bonchev–Trinajstić information content (AvgIpc) is 2.74. The second-order valence-electron chi connectivity index (χ2n) is 6.59. The van der Waals surface area contributed by atoms with Crippen molar-refractivity contribution in [2.75, 3.05) is 25.1 Å². The molecule has 0 spiro atoms. The van der Waals surface area contributed by atoms with Gasteiger partial charge in [-0.15, -0.1) is 0 Å². The minimum Gasteiger partial charge on any atom is -0.490 e. The van der Waals surface area contributed by atoms with Gasteiger partial charge in [-0.25, -0.2) is 4.79 Å². The van der Waals surface area contributed by atoms with E-state index in [2.05, 4.69) is 5.32 Å². The first-order chi connectivity index (χ1) is 14.1. The van der Waals surface area contributed by atoms with Gasteiger partial charge in [-0.1, -0.05) is 19.1 Å². The standard InChI is InChI=1S/C22H23NO6/c1-2-11-27-19-5-3-4-6-20(19)28-14-22(26)29-13-18(24)16-7-9-17-15(12-16)8-10-21(25)23-17/h3-7,9,12H,2,8,10-11,13-14H2,1H3,(H,23,25). The molecule has 3 rings (SSSR count). The maximum atomic E-state index is 12.3. The van der Waals surface area contributed by atoms with Crippen LogP contribution in [-0.4, -0.2) is 37.5 Å². The summed E-state index contributed by atoms with van der Waals surface area (Å²) in [5.74, 6) is 0.00566. The first-order valence-electron chi connectivity index (χ1n) is 9.53. The lowest BCUT2D eigenvalue weighted by molar-refractivity contribution is -0.144. The summed E-state index contributed by atoms with van der Waals surface area (Å²) in [6.07, 6.45) is 1.82. The minimum absolute atomic E-state index is 0.0350. The quantitative estimate of drug-likeness (QED) is 0.516. The molecule has 0 fully saturated rings. The van der Waals surface area contributed by atoms with E-state index >= 15 is 0 Å². The molecule has 1 heterocycles. The summed E-state index contributed by atoms with van der Waals surface area (Å²) < 4.78 is 16.1. The number of benzene rings is 2. The van der Waals surface area contributed by atoms with Crippen molar-refractivity contribution in [3.63, 3.8) is 0 Å². The molecule has 7 nitrogen and oxygen atoms in total. The van der Waals surface area contributed by atoms with E-state index in [4.69, 9.17) is 14.2 Å². The molecule has 29 heavy (non-hydrogen) atoms. The average molecular weight is 397 g/mol. The van der Waals surface area contributed by atoms with Crippen LogP contribution in [0, 0.1) is 0 Å². The van der Waals surface area contributed by atoms with Gasteiger partial charge in [0.2, 0.25) is 5.91 Å². The zero-order chi connectivity index (χ0) is 20.6. The summed E-state index contributed by atoms with van der Waals surface area (Å²) in [7, 11) is 0. The Labute approximate surface area is 169 Å². The van der Waals surface area contributed by atoms with Crippen molar-refractivity contribution < 1.29 is 28.6 Å². The van der Waals surface area contributed by atoms with E-state index in [1.165, 1.54) is 0 Å². The molecule has 1 aliphatic heterocycles. The predicted molar refractivity (Wildman–Crippen MR) is 106 cm³/mol. The van der Waals surface area contributed by atoms with Crippen molar-refractivity contribution in [2.45, 2.75) is 26.2 Å². The fraction of sp³-hybridized carbons (Fsp3) is 0.318. The maximum Gasteiger partial charge on any atom is 0.344 e. The molecule has 0 saturated heterocycles. The number of aryl methyl sites for hydroxylation is 1. The summed E-state index contributed by atoms with van der Waals surface area (Å²) >= 11 is 0. The molecule has 0 aliphatic carbocycles. The van der Waals surface area contributed by atoms with Gasteiger partial charge in [0.05, 0.1) is 6.61 Å². The van der Waals surface area contributed by atoms with Crippen molar-refractivity contribution in [1.29, 1.82) is 0 Å². The zero-order valence-corrected chi connectivity index (χ0v) is 16.2. The highest BCUT2D eigenvalue weighted by Crippen LogP contribution is 2.26. The lowest BCUT2D eigenvalue weighted by atomic mass is 9.99. The Kier molecular flexibility index (Phi) is 6.84. The maximum absolute atomic E-state index is 12.3.